The highest BCUT2D eigenvalue weighted by Crippen LogP contribution is 2.32. The molecule has 1 fully saturated rings. The van der Waals surface area contributed by atoms with Crippen molar-refractivity contribution in [3.05, 3.63) is 53.6 Å². The first kappa shape index (κ1) is 19.8. The molecule has 2 aliphatic rings. The summed E-state index contributed by atoms with van der Waals surface area (Å²) in [5, 5.41) is 9.14. The third-order valence-electron chi connectivity index (χ3n) is 5.33. The highest BCUT2D eigenvalue weighted by Gasteiger charge is 2.25. The summed E-state index contributed by atoms with van der Waals surface area (Å²) in [6, 6.07) is 12.4. The van der Waals surface area contributed by atoms with Gasteiger partial charge in [-0.2, -0.15) is 0 Å². The summed E-state index contributed by atoms with van der Waals surface area (Å²) in [6.07, 6.45) is 1.03. The van der Waals surface area contributed by atoms with Crippen molar-refractivity contribution in [3.63, 3.8) is 0 Å². The number of fused-ring (bicyclic) bond motifs is 2. The Balaban J connectivity index is 1.41. The first-order valence-corrected chi connectivity index (χ1v) is 10.1. The van der Waals surface area contributed by atoms with E-state index >= 15 is 0 Å². The lowest BCUT2D eigenvalue weighted by atomic mass is 10.0. The molecule has 0 radical (unpaired) electrons. The molecule has 0 spiro atoms. The minimum atomic E-state index is -0.308. The molecule has 2 aliphatic heterocycles. The Morgan fingerprint density at radius 3 is 2.60 bits per heavy atom. The van der Waals surface area contributed by atoms with Gasteiger partial charge in [0.05, 0.1) is 29.2 Å². The Labute approximate surface area is 174 Å². The molecule has 0 aliphatic carbocycles. The second kappa shape index (κ2) is 8.44. The Hall–Kier alpha value is -3.55. The fourth-order valence-electron chi connectivity index (χ4n) is 3.71. The van der Waals surface area contributed by atoms with Crippen molar-refractivity contribution in [3.8, 4) is 0 Å². The lowest BCUT2D eigenvalue weighted by Crippen LogP contribution is -2.46. The van der Waals surface area contributed by atoms with Crippen molar-refractivity contribution < 1.29 is 19.1 Å². The van der Waals surface area contributed by atoms with E-state index in [4.69, 9.17) is 4.74 Å². The molecule has 0 bridgehead atoms. The quantitative estimate of drug-likeness (QED) is 0.723. The third-order valence-corrected chi connectivity index (χ3v) is 5.33. The van der Waals surface area contributed by atoms with Crippen LogP contribution in [0.2, 0.25) is 0 Å². The Kier molecular flexibility index (Phi) is 5.56. The van der Waals surface area contributed by atoms with Crippen LogP contribution in [0.4, 0.5) is 21.9 Å². The molecule has 0 unspecified atom stereocenters. The van der Waals surface area contributed by atoms with Gasteiger partial charge < -0.3 is 25.6 Å². The number of rotatable bonds is 3. The summed E-state index contributed by atoms with van der Waals surface area (Å²) >= 11 is 0. The minimum Gasteiger partial charge on any atom is -0.450 e. The molecule has 3 N–H and O–H groups in total. The van der Waals surface area contributed by atoms with E-state index in [0.29, 0.717) is 49.4 Å². The van der Waals surface area contributed by atoms with E-state index < -0.39 is 0 Å². The fraction of sp³-hybridized carbons (Fsp3) is 0.318. The summed E-state index contributed by atoms with van der Waals surface area (Å²) < 4.78 is 5.02. The maximum absolute atomic E-state index is 12.8. The van der Waals surface area contributed by atoms with Crippen LogP contribution in [-0.2, 0) is 4.74 Å². The van der Waals surface area contributed by atoms with Crippen LogP contribution < -0.4 is 16.0 Å². The van der Waals surface area contributed by atoms with Gasteiger partial charge in [-0.25, -0.2) is 4.79 Å². The highest BCUT2D eigenvalue weighted by molar-refractivity contribution is 6.12. The normalized spacial score (nSPS) is 15.8. The molecule has 2 aromatic rings. The number of carbonyl (C=O) groups excluding carboxylic acids is 3. The van der Waals surface area contributed by atoms with Crippen LogP contribution in [0.5, 0.6) is 0 Å². The van der Waals surface area contributed by atoms with Crippen molar-refractivity contribution in [1.82, 2.24) is 10.2 Å². The van der Waals surface area contributed by atoms with Gasteiger partial charge in [-0.15, -0.1) is 0 Å². The Morgan fingerprint density at radius 1 is 1.07 bits per heavy atom. The summed E-state index contributed by atoms with van der Waals surface area (Å²) in [5.41, 5.74) is 3.02. The predicted octanol–water partition coefficient (Wildman–Crippen LogP) is 3.35. The van der Waals surface area contributed by atoms with Crippen LogP contribution >= 0.6 is 0 Å². The molecular weight excluding hydrogens is 384 g/mol. The van der Waals surface area contributed by atoms with Gasteiger partial charge in [0.25, 0.3) is 11.8 Å². The van der Waals surface area contributed by atoms with Crippen LogP contribution in [0.3, 0.4) is 0 Å². The molecule has 2 aromatic carbocycles. The molecule has 0 saturated carbocycles. The van der Waals surface area contributed by atoms with E-state index in [2.05, 4.69) is 16.0 Å². The van der Waals surface area contributed by atoms with Gasteiger partial charge in [-0.05, 0) is 50.1 Å². The van der Waals surface area contributed by atoms with Gasteiger partial charge in [-0.3, -0.25) is 9.59 Å². The molecule has 156 valence electrons. The van der Waals surface area contributed by atoms with Gasteiger partial charge in [-0.1, -0.05) is 12.1 Å². The van der Waals surface area contributed by atoms with Gasteiger partial charge in [0.15, 0.2) is 0 Å². The lowest BCUT2D eigenvalue weighted by molar-refractivity contribution is 0.0859. The molecular formula is C22H24N4O4. The van der Waals surface area contributed by atoms with Crippen LogP contribution in [0.1, 0.15) is 40.5 Å². The first-order chi connectivity index (χ1) is 14.5. The van der Waals surface area contributed by atoms with Crippen molar-refractivity contribution >= 4 is 35.0 Å². The van der Waals surface area contributed by atoms with E-state index in [1.165, 1.54) is 0 Å². The Morgan fingerprint density at radius 2 is 1.83 bits per heavy atom. The number of benzene rings is 2. The molecule has 0 aromatic heterocycles. The largest absolute Gasteiger partial charge is 0.450 e. The molecule has 0 atom stereocenters. The maximum Gasteiger partial charge on any atom is 0.409 e. The van der Waals surface area contributed by atoms with E-state index in [1.54, 1.807) is 36.1 Å². The second-order valence-corrected chi connectivity index (χ2v) is 7.32. The van der Waals surface area contributed by atoms with E-state index in [-0.39, 0.29) is 23.9 Å². The molecule has 30 heavy (non-hydrogen) atoms. The second-order valence-electron chi connectivity index (χ2n) is 7.32. The van der Waals surface area contributed by atoms with E-state index in [9.17, 15) is 14.4 Å². The van der Waals surface area contributed by atoms with Crippen molar-refractivity contribution in [2.45, 2.75) is 25.8 Å². The summed E-state index contributed by atoms with van der Waals surface area (Å²) in [4.78, 5) is 38.7. The highest BCUT2D eigenvalue weighted by atomic mass is 16.6. The van der Waals surface area contributed by atoms with Gasteiger partial charge in [0, 0.05) is 24.7 Å². The topological polar surface area (TPSA) is 99.8 Å². The average Bonchev–Trinajstić information content (AvgIpc) is 2.89. The number of hydrogen-bond acceptors (Lipinski definition) is 5. The first-order valence-electron chi connectivity index (χ1n) is 10.1. The summed E-state index contributed by atoms with van der Waals surface area (Å²) in [6.45, 7) is 3.23. The van der Waals surface area contributed by atoms with Gasteiger partial charge >= 0.3 is 6.09 Å². The van der Waals surface area contributed by atoms with Crippen LogP contribution in [0.15, 0.2) is 42.5 Å². The standard InChI is InChI=1S/C22H24N4O4/c1-2-30-22(29)26-11-9-15(10-12-26)23-20(27)14-7-8-18-19(13-14)25-21(28)16-5-3-4-6-17(16)24-18/h3-8,13,15,24H,2,9-12H2,1H3,(H,23,27)(H,25,28). The fourth-order valence-corrected chi connectivity index (χ4v) is 3.71. The zero-order chi connectivity index (χ0) is 21.1. The zero-order valence-electron chi connectivity index (χ0n) is 16.7. The van der Waals surface area contributed by atoms with Crippen molar-refractivity contribution in [2.24, 2.45) is 0 Å². The number of para-hydroxylation sites is 1. The smallest absolute Gasteiger partial charge is 0.409 e. The molecule has 3 amide bonds. The maximum atomic E-state index is 12.8. The number of nitrogens with one attached hydrogen (secondary N) is 3. The summed E-state index contributed by atoms with van der Waals surface area (Å²) in [7, 11) is 0. The average molecular weight is 408 g/mol. The van der Waals surface area contributed by atoms with Gasteiger partial charge in [0.2, 0.25) is 0 Å². The predicted molar refractivity (Wildman–Crippen MR) is 113 cm³/mol. The minimum absolute atomic E-state index is 0.0149. The number of nitrogens with zero attached hydrogens (tertiary/aromatic N) is 1. The number of ether oxygens (including phenoxy) is 1. The Bertz CT molecular complexity index is 983. The molecule has 1 saturated heterocycles. The number of likely N-dealkylation sites (tertiary alicyclic amines) is 1. The van der Waals surface area contributed by atoms with E-state index in [0.717, 1.165) is 11.4 Å². The van der Waals surface area contributed by atoms with Crippen LogP contribution in [0, 0.1) is 0 Å². The molecule has 8 heteroatoms. The zero-order valence-corrected chi connectivity index (χ0v) is 16.7. The molecule has 8 nitrogen and oxygen atoms in total. The SMILES string of the molecule is CCOC(=O)N1CCC(NC(=O)c2ccc3c(c2)NC(=O)c2ccccc2N3)CC1. The van der Waals surface area contributed by atoms with Crippen LogP contribution in [-0.4, -0.2) is 48.5 Å². The number of piperidine rings is 1. The number of carbonyl (C=O) groups is 3. The van der Waals surface area contributed by atoms with Gasteiger partial charge in [0.1, 0.15) is 0 Å². The number of amides is 3. The van der Waals surface area contributed by atoms with E-state index in [1.807, 2.05) is 18.2 Å². The lowest BCUT2D eigenvalue weighted by Gasteiger charge is -2.31. The monoisotopic (exact) mass is 408 g/mol. The summed E-state index contributed by atoms with van der Waals surface area (Å²) in [5.74, 6) is -0.427. The number of hydrogen-bond donors (Lipinski definition) is 3. The molecule has 2 heterocycles. The van der Waals surface area contributed by atoms with Crippen LogP contribution in [0.25, 0.3) is 0 Å². The number of anilines is 3. The third kappa shape index (κ3) is 4.07. The van der Waals surface area contributed by atoms with Crippen molar-refractivity contribution in [1.29, 1.82) is 0 Å². The molecule has 4 rings (SSSR count). The van der Waals surface area contributed by atoms with Crippen molar-refractivity contribution in [2.75, 3.05) is 30.3 Å².